The van der Waals surface area contributed by atoms with Crippen molar-refractivity contribution in [2.75, 3.05) is 11.5 Å². The molecule has 1 amide bonds. The molecule has 40 heavy (non-hydrogen) atoms. The summed E-state index contributed by atoms with van der Waals surface area (Å²) in [4.78, 5) is 32.1. The van der Waals surface area contributed by atoms with Gasteiger partial charge in [-0.25, -0.2) is 0 Å². The van der Waals surface area contributed by atoms with E-state index in [1.165, 1.54) is 40.4 Å². The van der Waals surface area contributed by atoms with Gasteiger partial charge in [-0.3, -0.25) is 19.5 Å². The third-order valence-electron chi connectivity index (χ3n) is 6.27. The van der Waals surface area contributed by atoms with Crippen LogP contribution >= 0.6 is 34.7 Å². The highest BCUT2D eigenvalue weighted by molar-refractivity contribution is 8.00. The summed E-state index contributed by atoms with van der Waals surface area (Å²) >= 11 is 8.92. The molecule has 2 aromatic heterocycles. The van der Waals surface area contributed by atoms with Gasteiger partial charge in [0.05, 0.1) is 18.2 Å². The third-order valence-corrected chi connectivity index (χ3v) is 8.74. The molecule has 0 radical (unpaired) electrons. The lowest BCUT2D eigenvalue weighted by Crippen LogP contribution is -2.29. The van der Waals surface area contributed by atoms with Crippen LogP contribution in [0.3, 0.4) is 0 Å². The Morgan fingerprint density at radius 2 is 1.82 bits per heavy atom. The lowest BCUT2D eigenvalue weighted by atomic mass is 9.95. The molecule has 2 aromatic carbocycles. The number of rotatable bonds is 10. The third kappa shape index (κ3) is 5.89. The molecule has 11 heteroatoms. The van der Waals surface area contributed by atoms with Crippen molar-refractivity contribution in [3.05, 3.63) is 100 Å². The average Bonchev–Trinajstić information content (AvgIpc) is 3.55. The van der Waals surface area contributed by atoms with Crippen molar-refractivity contribution < 1.29 is 19.4 Å². The first-order chi connectivity index (χ1) is 19.5. The smallest absolute Gasteiger partial charge is 0.301 e. The van der Waals surface area contributed by atoms with E-state index in [-0.39, 0.29) is 16.5 Å². The summed E-state index contributed by atoms with van der Waals surface area (Å²) in [5.74, 6) is -0.629. The Bertz CT molecular complexity index is 1540. The number of benzene rings is 2. The van der Waals surface area contributed by atoms with Crippen LogP contribution in [0.1, 0.15) is 42.5 Å². The molecule has 0 spiro atoms. The Morgan fingerprint density at radius 1 is 1.07 bits per heavy atom. The molecule has 1 aliphatic heterocycles. The summed E-state index contributed by atoms with van der Waals surface area (Å²) in [6.07, 6.45) is 4.97. The molecule has 1 N–H and O–H groups in total. The van der Waals surface area contributed by atoms with Crippen molar-refractivity contribution in [2.45, 2.75) is 35.9 Å². The zero-order valence-corrected chi connectivity index (χ0v) is 23.9. The SMILES string of the molecule is CCCCOc1ccc(C2/C(=C(\O)c3ccncc3)C(=O)C(=O)N2c2nnc(SCc3ccccc3Cl)s2)cc1. The minimum Gasteiger partial charge on any atom is -0.507 e. The number of aliphatic hydroxyl groups is 1. The highest BCUT2D eigenvalue weighted by atomic mass is 35.5. The lowest BCUT2D eigenvalue weighted by molar-refractivity contribution is -0.132. The van der Waals surface area contributed by atoms with Crippen molar-refractivity contribution in [1.82, 2.24) is 15.2 Å². The first-order valence-corrected chi connectivity index (χ1v) is 14.8. The average molecular weight is 593 g/mol. The quantitative estimate of drug-likeness (QED) is 0.0542. The maximum atomic E-state index is 13.4. The van der Waals surface area contributed by atoms with Gasteiger partial charge in [0.15, 0.2) is 4.34 Å². The van der Waals surface area contributed by atoms with Crippen LogP contribution < -0.4 is 9.64 Å². The Morgan fingerprint density at radius 3 is 2.55 bits per heavy atom. The summed E-state index contributed by atoms with van der Waals surface area (Å²) in [5, 5.41) is 20.6. The fourth-order valence-corrected chi connectivity index (χ4v) is 6.36. The molecule has 0 saturated carbocycles. The predicted octanol–water partition coefficient (Wildman–Crippen LogP) is 6.68. The maximum Gasteiger partial charge on any atom is 0.301 e. The number of hydrogen-bond acceptors (Lipinski definition) is 9. The van der Waals surface area contributed by atoms with Crippen molar-refractivity contribution in [1.29, 1.82) is 0 Å². The van der Waals surface area contributed by atoms with Crippen LogP contribution in [0.25, 0.3) is 5.76 Å². The standard InChI is InChI=1S/C29H25ClN4O4S2/c1-2-3-16-38-21-10-8-18(9-11-21)24-23(25(35)19-12-14-31-15-13-19)26(36)27(37)34(24)28-32-33-29(40-28)39-17-20-6-4-5-7-22(20)30/h4-15,24,35H,2-3,16-17H2,1H3/b25-23+. The van der Waals surface area contributed by atoms with Crippen molar-refractivity contribution in [3.63, 3.8) is 0 Å². The van der Waals surface area contributed by atoms with Gasteiger partial charge < -0.3 is 9.84 Å². The van der Waals surface area contributed by atoms with Gasteiger partial charge in [0, 0.05) is 28.7 Å². The Labute approximate surface area is 244 Å². The Kier molecular flexibility index (Phi) is 8.78. The number of thioether (sulfide) groups is 1. The van der Waals surface area contributed by atoms with Crippen LogP contribution in [0.15, 0.2) is 83.0 Å². The molecule has 1 fully saturated rings. The molecule has 5 rings (SSSR count). The van der Waals surface area contributed by atoms with E-state index in [4.69, 9.17) is 16.3 Å². The second-order valence-electron chi connectivity index (χ2n) is 8.91. The van der Waals surface area contributed by atoms with E-state index in [1.54, 1.807) is 36.4 Å². The second kappa shape index (κ2) is 12.6. The zero-order valence-electron chi connectivity index (χ0n) is 21.5. The number of anilines is 1. The fourth-order valence-electron chi connectivity index (χ4n) is 4.20. The monoisotopic (exact) mass is 592 g/mol. The number of aromatic nitrogens is 3. The van der Waals surface area contributed by atoms with Crippen LogP contribution in [-0.2, 0) is 15.3 Å². The first kappa shape index (κ1) is 27.8. The van der Waals surface area contributed by atoms with Crippen molar-refractivity contribution in [2.24, 2.45) is 0 Å². The molecule has 204 valence electrons. The molecule has 0 aliphatic carbocycles. The number of halogens is 1. The lowest BCUT2D eigenvalue weighted by Gasteiger charge is -2.22. The van der Waals surface area contributed by atoms with Gasteiger partial charge in [-0.05, 0) is 47.9 Å². The molecule has 1 atom stereocenters. The van der Waals surface area contributed by atoms with Crippen LogP contribution in [0.2, 0.25) is 5.02 Å². The largest absolute Gasteiger partial charge is 0.507 e. The fraction of sp³-hybridized carbons (Fsp3) is 0.207. The summed E-state index contributed by atoms with van der Waals surface area (Å²) < 4.78 is 6.40. The van der Waals surface area contributed by atoms with E-state index >= 15 is 0 Å². The first-order valence-electron chi connectivity index (χ1n) is 12.6. The molecule has 1 aliphatic rings. The number of ketones is 1. The molecular weight excluding hydrogens is 568 g/mol. The van der Waals surface area contributed by atoms with Gasteiger partial charge in [0.2, 0.25) is 5.13 Å². The molecule has 0 bridgehead atoms. The normalized spacial score (nSPS) is 16.4. The van der Waals surface area contributed by atoms with Crippen LogP contribution in [0.5, 0.6) is 5.75 Å². The van der Waals surface area contributed by atoms with Gasteiger partial charge in [0.1, 0.15) is 11.5 Å². The van der Waals surface area contributed by atoms with Gasteiger partial charge in [-0.1, -0.05) is 78.4 Å². The van der Waals surface area contributed by atoms with E-state index < -0.39 is 17.7 Å². The molecule has 1 saturated heterocycles. The van der Waals surface area contributed by atoms with Crippen LogP contribution in [-0.4, -0.2) is 38.6 Å². The second-order valence-corrected chi connectivity index (χ2v) is 11.5. The number of unbranched alkanes of at least 4 members (excludes halogenated alkanes) is 1. The number of pyridine rings is 1. The Balaban J connectivity index is 1.50. The van der Waals surface area contributed by atoms with Gasteiger partial charge in [0.25, 0.3) is 5.78 Å². The molecule has 3 heterocycles. The van der Waals surface area contributed by atoms with E-state index in [0.717, 1.165) is 18.4 Å². The summed E-state index contributed by atoms with van der Waals surface area (Å²) in [5.41, 5.74) is 1.92. The van der Waals surface area contributed by atoms with Gasteiger partial charge >= 0.3 is 5.91 Å². The number of Topliss-reactive ketones (excluding diaryl/α,β-unsaturated/α-hetero) is 1. The summed E-state index contributed by atoms with van der Waals surface area (Å²) in [6, 6.07) is 17.0. The minimum atomic E-state index is -0.910. The maximum absolute atomic E-state index is 13.4. The Hall–Kier alpha value is -3.73. The number of nitrogens with zero attached hydrogens (tertiary/aromatic N) is 4. The van der Waals surface area contributed by atoms with Crippen LogP contribution in [0.4, 0.5) is 5.13 Å². The van der Waals surface area contributed by atoms with Gasteiger partial charge in [-0.2, -0.15) is 0 Å². The number of ether oxygens (including phenoxy) is 1. The molecule has 8 nitrogen and oxygen atoms in total. The zero-order chi connectivity index (χ0) is 28.1. The number of carbonyl (C=O) groups excluding carboxylic acids is 2. The van der Waals surface area contributed by atoms with Crippen LogP contribution in [0, 0.1) is 0 Å². The van der Waals surface area contributed by atoms with E-state index in [1.807, 2.05) is 24.3 Å². The topological polar surface area (TPSA) is 106 Å². The highest BCUT2D eigenvalue weighted by Crippen LogP contribution is 2.44. The predicted molar refractivity (Wildman–Crippen MR) is 157 cm³/mol. The number of hydrogen-bond donors (Lipinski definition) is 1. The molecule has 4 aromatic rings. The summed E-state index contributed by atoms with van der Waals surface area (Å²) in [7, 11) is 0. The van der Waals surface area contributed by atoms with E-state index in [2.05, 4.69) is 22.1 Å². The molecule has 1 unspecified atom stereocenters. The van der Waals surface area contributed by atoms with E-state index in [9.17, 15) is 14.7 Å². The molecular formula is C29H25ClN4O4S2. The van der Waals surface area contributed by atoms with Crippen molar-refractivity contribution >= 4 is 57.3 Å². The van der Waals surface area contributed by atoms with Crippen molar-refractivity contribution in [3.8, 4) is 5.75 Å². The van der Waals surface area contributed by atoms with Gasteiger partial charge in [-0.15, -0.1) is 10.2 Å². The number of carbonyl (C=O) groups is 2. The highest BCUT2D eigenvalue weighted by Gasteiger charge is 2.48. The number of aliphatic hydroxyl groups excluding tert-OH is 1. The van der Waals surface area contributed by atoms with E-state index in [0.29, 0.717) is 38.6 Å². The minimum absolute atomic E-state index is 0.0312. The number of amides is 1. The summed E-state index contributed by atoms with van der Waals surface area (Å²) in [6.45, 7) is 2.68.